The van der Waals surface area contributed by atoms with E-state index in [9.17, 15) is 0 Å². The Morgan fingerprint density at radius 1 is 1.16 bits per heavy atom. The van der Waals surface area contributed by atoms with E-state index in [1.54, 1.807) is 0 Å². The van der Waals surface area contributed by atoms with Crippen molar-refractivity contribution in [2.75, 3.05) is 40.3 Å². The van der Waals surface area contributed by atoms with Crippen LogP contribution in [0.1, 0.15) is 32.1 Å². The Bertz CT molecular complexity index is 291. The predicted molar refractivity (Wildman–Crippen MR) is 84.5 cm³/mol. The van der Waals surface area contributed by atoms with Gasteiger partial charge in [0.15, 0.2) is 5.11 Å². The summed E-state index contributed by atoms with van der Waals surface area (Å²) in [6, 6.07) is 1.16. The lowest BCUT2D eigenvalue weighted by Crippen LogP contribution is -2.55. The van der Waals surface area contributed by atoms with E-state index in [1.165, 1.54) is 32.1 Å². The van der Waals surface area contributed by atoms with Crippen molar-refractivity contribution in [3.05, 3.63) is 0 Å². The fourth-order valence-electron chi connectivity index (χ4n) is 3.02. The van der Waals surface area contributed by atoms with Crippen molar-refractivity contribution in [2.24, 2.45) is 0 Å². The molecule has 19 heavy (non-hydrogen) atoms. The van der Waals surface area contributed by atoms with E-state index >= 15 is 0 Å². The molecule has 0 aromatic heterocycles. The van der Waals surface area contributed by atoms with Crippen molar-refractivity contribution >= 4 is 17.3 Å². The standard InChI is InChI=1S/C14H28N4S/c1-17-8-9-18(2)13(11-17)10-15-14(19)16-12-6-4-3-5-7-12/h12-13H,3-11H2,1-2H3,(H2,15,16,19). The summed E-state index contributed by atoms with van der Waals surface area (Å²) in [6.07, 6.45) is 6.62. The highest BCUT2D eigenvalue weighted by atomic mass is 32.1. The van der Waals surface area contributed by atoms with Crippen LogP contribution in [-0.4, -0.2) is 67.3 Å². The summed E-state index contributed by atoms with van der Waals surface area (Å²) in [5, 5.41) is 7.72. The van der Waals surface area contributed by atoms with Gasteiger partial charge >= 0.3 is 0 Å². The molecule has 0 aromatic carbocycles. The molecule has 1 unspecified atom stereocenters. The smallest absolute Gasteiger partial charge is 0.166 e. The van der Waals surface area contributed by atoms with Crippen LogP contribution < -0.4 is 10.6 Å². The molecule has 110 valence electrons. The van der Waals surface area contributed by atoms with Gasteiger partial charge in [-0.1, -0.05) is 19.3 Å². The molecule has 2 N–H and O–H groups in total. The van der Waals surface area contributed by atoms with Gasteiger partial charge in [-0.2, -0.15) is 0 Å². The molecule has 1 saturated heterocycles. The topological polar surface area (TPSA) is 30.5 Å². The molecular formula is C14H28N4S. The number of thiocarbonyl (C=S) groups is 1. The van der Waals surface area contributed by atoms with Crippen LogP contribution in [-0.2, 0) is 0 Å². The van der Waals surface area contributed by atoms with E-state index in [0.717, 1.165) is 31.3 Å². The first-order valence-electron chi connectivity index (χ1n) is 7.58. The van der Waals surface area contributed by atoms with Crippen LogP contribution >= 0.6 is 12.2 Å². The summed E-state index contributed by atoms with van der Waals surface area (Å²) in [4.78, 5) is 4.82. The molecule has 1 aliphatic heterocycles. The predicted octanol–water partition coefficient (Wildman–Crippen LogP) is 1.03. The maximum Gasteiger partial charge on any atom is 0.166 e. The normalized spacial score (nSPS) is 27.2. The number of hydrogen-bond acceptors (Lipinski definition) is 3. The summed E-state index contributed by atoms with van der Waals surface area (Å²) in [5.74, 6) is 0. The molecule has 4 nitrogen and oxygen atoms in total. The molecule has 2 fully saturated rings. The minimum atomic E-state index is 0.560. The zero-order valence-corrected chi connectivity index (χ0v) is 13.1. The van der Waals surface area contributed by atoms with Gasteiger partial charge < -0.3 is 15.5 Å². The van der Waals surface area contributed by atoms with E-state index in [4.69, 9.17) is 12.2 Å². The van der Waals surface area contributed by atoms with Gasteiger partial charge in [0.25, 0.3) is 0 Å². The van der Waals surface area contributed by atoms with Gasteiger partial charge in [-0.05, 0) is 39.2 Å². The minimum Gasteiger partial charge on any atom is -0.361 e. The third-order valence-electron chi connectivity index (χ3n) is 4.42. The molecule has 1 heterocycles. The SMILES string of the molecule is CN1CCN(C)C(CNC(=S)NC2CCCCC2)C1. The lowest BCUT2D eigenvalue weighted by molar-refractivity contribution is 0.116. The van der Waals surface area contributed by atoms with Crippen LogP contribution in [0.15, 0.2) is 0 Å². The molecule has 1 aliphatic carbocycles. The van der Waals surface area contributed by atoms with E-state index in [2.05, 4.69) is 34.5 Å². The molecule has 5 heteroatoms. The molecule has 0 radical (unpaired) electrons. The minimum absolute atomic E-state index is 0.560. The van der Waals surface area contributed by atoms with Gasteiger partial charge in [-0.3, -0.25) is 4.90 Å². The van der Waals surface area contributed by atoms with Crippen molar-refractivity contribution in [3.63, 3.8) is 0 Å². The number of nitrogens with one attached hydrogen (secondary N) is 2. The monoisotopic (exact) mass is 284 g/mol. The lowest BCUT2D eigenvalue weighted by Gasteiger charge is -2.38. The van der Waals surface area contributed by atoms with Crippen LogP contribution in [0.25, 0.3) is 0 Å². The summed E-state index contributed by atoms with van der Waals surface area (Å²) in [7, 11) is 4.40. The fraction of sp³-hybridized carbons (Fsp3) is 0.929. The Balaban J connectivity index is 1.67. The van der Waals surface area contributed by atoms with Crippen molar-refractivity contribution in [1.82, 2.24) is 20.4 Å². The van der Waals surface area contributed by atoms with Gasteiger partial charge in [0.2, 0.25) is 0 Å². The number of rotatable bonds is 3. The fourth-order valence-corrected chi connectivity index (χ4v) is 3.27. The second-order valence-electron chi connectivity index (χ2n) is 6.09. The van der Waals surface area contributed by atoms with E-state index in [0.29, 0.717) is 12.1 Å². The van der Waals surface area contributed by atoms with Crippen LogP contribution in [0.3, 0.4) is 0 Å². The van der Waals surface area contributed by atoms with E-state index in [1.807, 2.05) is 0 Å². The summed E-state index contributed by atoms with van der Waals surface area (Å²) >= 11 is 5.42. The Hall–Kier alpha value is -0.390. The number of nitrogens with zero attached hydrogens (tertiary/aromatic N) is 2. The van der Waals surface area contributed by atoms with Crippen molar-refractivity contribution in [1.29, 1.82) is 0 Å². The van der Waals surface area contributed by atoms with Crippen molar-refractivity contribution in [3.8, 4) is 0 Å². The van der Waals surface area contributed by atoms with Crippen LogP contribution in [0.4, 0.5) is 0 Å². The first-order valence-corrected chi connectivity index (χ1v) is 7.99. The van der Waals surface area contributed by atoms with Gasteiger partial charge in [-0.25, -0.2) is 0 Å². The molecular weight excluding hydrogens is 256 g/mol. The summed E-state index contributed by atoms with van der Waals surface area (Å²) < 4.78 is 0. The Kier molecular flexibility index (Phi) is 5.85. The van der Waals surface area contributed by atoms with E-state index in [-0.39, 0.29) is 0 Å². The largest absolute Gasteiger partial charge is 0.361 e. The second kappa shape index (κ2) is 7.41. The Morgan fingerprint density at radius 2 is 1.89 bits per heavy atom. The summed E-state index contributed by atoms with van der Waals surface area (Å²) in [5.41, 5.74) is 0. The first-order chi connectivity index (χ1) is 9.15. The second-order valence-corrected chi connectivity index (χ2v) is 6.49. The molecule has 0 spiro atoms. The zero-order valence-electron chi connectivity index (χ0n) is 12.3. The average molecular weight is 284 g/mol. The highest BCUT2D eigenvalue weighted by Gasteiger charge is 2.22. The van der Waals surface area contributed by atoms with Gasteiger partial charge in [0.1, 0.15) is 0 Å². The molecule has 1 atom stereocenters. The molecule has 2 aliphatic rings. The number of likely N-dealkylation sites (N-methyl/N-ethyl adjacent to an activating group) is 2. The van der Waals surface area contributed by atoms with Crippen molar-refractivity contribution in [2.45, 2.75) is 44.2 Å². The third kappa shape index (κ3) is 4.89. The molecule has 0 aromatic rings. The lowest BCUT2D eigenvalue weighted by atomic mass is 9.96. The Morgan fingerprint density at radius 3 is 2.63 bits per heavy atom. The van der Waals surface area contributed by atoms with Crippen LogP contribution in [0.5, 0.6) is 0 Å². The zero-order chi connectivity index (χ0) is 13.7. The van der Waals surface area contributed by atoms with Crippen LogP contribution in [0, 0.1) is 0 Å². The summed E-state index contributed by atoms with van der Waals surface area (Å²) in [6.45, 7) is 4.37. The first kappa shape index (κ1) is 15.0. The van der Waals surface area contributed by atoms with Gasteiger partial charge in [0, 0.05) is 38.3 Å². The quantitative estimate of drug-likeness (QED) is 0.756. The van der Waals surface area contributed by atoms with Crippen LogP contribution in [0.2, 0.25) is 0 Å². The number of hydrogen-bond donors (Lipinski definition) is 2. The molecule has 0 bridgehead atoms. The third-order valence-corrected chi connectivity index (χ3v) is 4.68. The van der Waals surface area contributed by atoms with Gasteiger partial charge in [0.05, 0.1) is 0 Å². The highest BCUT2D eigenvalue weighted by Crippen LogP contribution is 2.17. The highest BCUT2D eigenvalue weighted by molar-refractivity contribution is 7.80. The van der Waals surface area contributed by atoms with E-state index < -0.39 is 0 Å². The molecule has 1 saturated carbocycles. The van der Waals surface area contributed by atoms with Gasteiger partial charge in [-0.15, -0.1) is 0 Å². The van der Waals surface area contributed by atoms with Crippen molar-refractivity contribution < 1.29 is 0 Å². The number of piperazine rings is 1. The Labute approximate surface area is 122 Å². The average Bonchev–Trinajstić information content (AvgIpc) is 2.41. The molecule has 0 amide bonds. The molecule has 2 rings (SSSR count). The maximum atomic E-state index is 5.42. The maximum absolute atomic E-state index is 5.42.